The molecule has 3 aliphatic rings. The average Bonchev–Trinajstić information content (AvgIpc) is 3.35. The highest BCUT2D eigenvalue weighted by Gasteiger charge is 2.37. The van der Waals surface area contributed by atoms with E-state index >= 15 is 0 Å². The molecule has 0 aromatic rings. The van der Waals surface area contributed by atoms with E-state index in [0.717, 1.165) is 70.6 Å². The minimum absolute atomic E-state index is 0.0442. The zero-order valence-corrected chi connectivity index (χ0v) is 14.9. The van der Waals surface area contributed by atoms with Crippen molar-refractivity contribution in [3.05, 3.63) is 0 Å². The number of rotatable bonds is 5. The summed E-state index contributed by atoms with van der Waals surface area (Å²) in [5.74, 6) is 0.961. The van der Waals surface area contributed by atoms with Crippen LogP contribution in [0.3, 0.4) is 0 Å². The van der Waals surface area contributed by atoms with Crippen molar-refractivity contribution in [2.75, 3.05) is 32.7 Å². The first-order chi connectivity index (χ1) is 10.9. The molecule has 2 saturated heterocycles. The number of hydrogen-bond donors (Lipinski definition) is 1. The third-order valence-corrected chi connectivity index (χ3v) is 7.39. The van der Waals surface area contributed by atoms with Crippen molar-refractivity contribution in [3.63, 3.8) is 0 Å². The number of hydrogen-bond acceptors (Lipinski definition) is 4. The largest absolute Gasteiger partial charge is 0.342 e. The van der Waals surface area contributed by atoms with Gasteiger partial charge in [0.05, 0.1) is 11.8 Å². The van der Waals surface area contributed by atoms with E-state index in [9.17, 15) is 13.2 Å². The van der Waals surface area contributed by atoms with Gasteiger partial charge in [-0.3, -0.25) is 9.69 Å². The van der Waals surface area contributed by atoms with Crippen LogP contribution in [0, 0.1) is 5.92 Å². The third-order valence-electron chi connectivity index (χ3n) is 5.38. The van der Waals surface area contributed by atoms with E-state index in [2.05, 4.69) is 16.5 Å². The summed E-state index contributed by atoms with van der Waals surface area (Å²) in [5, 5.41) is -0.149. The lowest BCUT2D eigenvalue weighted by molar-refractivity contribution is -0.134. The summed E-state index contributed by atoms with van der Waals surface area (Å²) in [4.78, 5) is 16.5. The normalized spacial score (nSPS) is 25.7. The molecule has 7 heteroatoms. The number of carbonyl (C=O) groups is 1. The van der Waals surface area contributed by atoms with E-state index in [4.69, 9.17) is 0 Å². The van der Waals surface area contributed by atoms with Gasteiger partial charge in [0.2, 0.25) is 15.9 Å². The van der Waals surface area contributed by atoms with Gasteiger partial charge in [0.1, 0.15) is 0 Å². The molecule has 1 aliphatic carbocycles. The molecule has 0 aromatic carbocycles. The van der Waals surface area contributed by atoms with Gasteiger partial charge in [-0.2, -0.15) is 0 Å². The molecule has 23 heavy (non-hydrogen) atoms. The van der Waals surface area contributed by atoms with Gasteiger partial charge < -0.3 is 4.90 Å². The lowest BCUT2D eigenvalue weighted by atomic mass is 9.99. The fraction of sp³-hybridized carbons (Fsp3) is 0.938. The van der Waals surface area contributed by atoms with Gasteiger partial charge in [0.15, 0.2) is 0 Å². The highest BCUT2D eigenvalue weighted by Crippen LogP contribution is 2.28. The Kier molecular flexibility index (Phi) is 5.28. The number of piperidine rings is 2. The number of nitrogens with zero attached hydrogens (tertiary/aromatic N) is 2. The van der Waals surface area contributed by atoms with Crippen LogP contribution in [-0.4, -0.2) is 68.1 Å². The van der Waals surface area contributed by atoms with Crippen LogP contribution < -0.4 is 4.72 Å². The number of carbonyl (C=O) groups excluding carboxylic acids is 1. The predicted octanol–water partition coefficient (Wildman–Crippen LogP) is 0.791. The Hall–Kier alpha value is -0.660. The van der Waals surface area contributed by atoms with E-state index in [1.807, 2.05) is 4.90 Å². The Morgan fingerprint density at radius 1 is 1.00 bits per heavy atom. The number of sulfonamides is 1. The van der Waals surface area contributed by atoms with Crippen molar-refractivity contribution in [1.29, 1.82) is 0 Å². The molecule has 0 spiro atoms. The molecule has 1 saturated carbocycles. The Labute approximate surface area is 139 Å². The standard InChI is InChI=1S/C16H29N3O3S/c1-13-4-10-19(11-5-13)16(20)12-18-8-6-14(7-9-18)17-23(21,22)15-2-3-15/h13-15,17H,2-12H2,1H3. The minimum Gasteiger partial charge on any atom is -0.342 e. The molecule has 132 valence electrons. The van der Waals surface area contributed by atoms with E-state index in [-0.39, 0.29) is 17.2 Å². The van der Waals surface area contributed by atoms with Gasteiger partial charge in [0, 0.05) is 32.2 Å². The number of likely N-dealkylation sites (tertiary alicyclic amines) is 2. The molecule has 3 fully saturated rings. The lowest BCUT2D eigenvalue weighted by Gasteiger charge is -2.35. The van der Waals surface area contributed by atoms with Crippen molar-refractivity contribution in [2.24, 2.45) is 5.92 Å². The Morgan fingerprint density at radius 2 is 1.61 bits per heavy atom. The summed E-state index contributed by atoms with van der Waals surface area (Å²) in [5.41, 5.74) is 0. The van der Waals surface area contributed by atoms with Crippen molar-refractivity contribution < 1.29 is 13.2 Å². The molecule has 2 heterocycles. The van der Waals surface area contributed by atoms with Crippen molar-refractivity contribution in [2.45, 2.75) is 56.7 Å². The van der Waals surface area contributed by atoms with Crippen molar-refractivity contribution in [3.8, 4) is 0 Å². The molecular weight excluding hydrogens is 314 g/mol. The Morgan fingerprint density at radius 3 is 2.17 bits per heavy atom. The van der Waals surface area contributed by atoms with Gasteiger partial charge in [-0.25, -0.2) is 13.1 Å². The second-order valence-electron chi connectivity index (χ2n) is 7.48. The summed E-state index contributed by atoms with van der Waals surface area (Å²) in [6.45, 7) is 6.10. The monoisotopic (exact) mass is 343 g/mol. The summed E-state index contributed by atoms with van der Waals surface area (Å²) in [7, 11) is -3.09. The van der Waals surface area contributed by atoms with Crippen molar-refractivity contribution in [1.82, 2.24) is 14.5 Å². The maximum Gasteiger partial charge on any atom is 0.236 e. The smallest absolute Gasteiger partial charge is 0.236 e. The summed E-state index contributed by atoms with van der Waals surface area (Å²) in [6.07, 6.45) is 5.42. The van der Waals surface area contributed by atoms with Gasteiger partial charge in [-0.05, 0) is 44.4 Å². The zero-order valence-electron chi connectivity index (χ0n) is 14.0. The van der Waals surface area contributed by atoms with E-state index in [1.54, 1.807) is 0 Å². The molecule has 0 radical (unpaired) electrons. The third kappa shape index (κ3) is 4.67. The molecule has 0 atom stereocenters. The summed E-state index contributed by atoms with van der Waals surface area (Å²) in [6, 6.07) is 0.0442. The topological polar surface area (TPSA) is 69.7 Å². The predicted molar refractivity (Wildman–Crippen MR) is 89.5 cm³/mol. The zero-order chi connectivity index (χ0) is 16.4. The lowest BCUT2D eigenvalue weighted by Crippen LogP contribution is -2.49. The van der Waals surface area contributed by atoms with Crippen LogP contribution in [0.5, 0.6) is 0 Å². The van der Waals surface area contributed by atoms with Crippen LogP contribution in [0.4, 0.5) is 0 Å². The SMILES string of the molecule is CC1CCN(C(=O)CN2CCC(NS(=O)(=O)C3CC3)CC2)CC1. The van der Waals surface area contributed by atoms with Crippen LogP contribution in [0.1, 0.15) is 45.4 Å². The van der Waals surface area contributed by atoms with Crippen LogP contribution in [0.2, 0.25) is 0 Å². The minimum atomic E-state index is -3.09. The molecule has 3 rings (SSSR count). The van der Waals surface area contributed by atoms with Crippen LogP contribution in [0.15, 0.2) is 0 Å². The molecule has 0 bridgehead atoms. The van der Waals surface area contributed by atoms with Gasteiger partial charge in [-0.1, -0.05) is 6.92 Å². The second-order valence-corrected chi connectivity index (χ2v) is 9.47. The first-order valence-electron chi connectivity index (χ1n) is 8.95. The van der Waals surface area contributed by atoms with Crippen LogP contribution in [-0.2, 0) is 14.8 Å². The molecule has 2 aliphatic heterocycles. The highest BCUT2D eigenvalue weighted by atomic mass is 32.2. The summed E-state index contributed by atoms with van der Waals surface area (Å²) >= 11 is 0. The maximum atomic E-state index is 12.4. The molecule has 0 aromatic heterocycles. The first kappa shape index (κ1) is 17.2. The first-order valence-corrected chi connectivity index (χ1v) is 10.5. The summed E-state index contributed by atoms with van der Waals surface area (Å²) < 4.78 is 26.8. The molecule has 0 unspecified atom stereocenters. The molecular formula is C16H29N3O3S. The van der Waals surface area contributed by atoms with E-state index in [0.29, 0.717) is 6.54 Å². The highest BCUT2D eigenvalue weighted by molar-refractivity contribution is 7.90. The Bertz CT molecular complexity index is 517. The fourth-order valence-electron chi connectivity index (χ4n) is 3.47. The molecule has 6 nitrogen and oxygen atoms in total. The quantitative estimate of drug-likeness (QED) is 0.801. The van der Waals surface area contributed by atoms with Crippen molar-refractivity contribution >= 4 is 15.9 Å². The second kappa shape index (κ2) is 7.07. The average molecular weight is 343 g/mol. The van der Waals surface area contributed by atoms with Crippen LogP contribution >= 0.6 is 0 Å². The van der Waals surface area contributed by atoms with Gasteiger partial charge in [0.25, 0.3) is 0 Å². The Balaban J connectivity index is 1.39. The molecule has 1 N–H and O–H groups in total. The fourth-order valence-corrected chi connectivity index (χ4v) is 5.11. The van der Waals surface area contributed by atoms with E-state index in [1.165, 1.54) is 0 Å². The van der Waals surface area contributed by atoms with E-state index < -0.39 is 10.0 Å². The van der Waals surface area contributed by atoms with Gasteiger partial charge >= 0.3 is 0 Å². The number of amides is 1. The number of nitrogens with one attached hydrogen (secondary N) is 1. The maximum absolute atomic E-state index is 12.4. The van der Waals surface area contributed by atoms with Gasteiger partial charge in [-0.15, -0.1) is 0 Å². The molecule has 1 amide bonds. The van der Waals surface area contributed by atoms with Crippen LogP contribution in [0.25, 0.3) is 0 Å².